The number of likely N-dealkylation sites (tertiary alicyclic amines) is 1. The van der Waals surface area contributed by atoms with E-state index in [-0.39, 0.29) is 30.8 Å². The van der Waals surface area contributed by atoms with Crippen LogP contribution in [0, 0.1) is 17.2 Å². The van der Waals surface area contributed by atoms with Crippen molar-refractivity contribution in [3.63, 3.8) is 0 Å². The Morgan fingerprint density at radius 2 is 2.47 bits per heavy atom. The van der Waals surface area contributed by atoms with Gasteiger partial charge in [-0.1, -0.05) is 0 Å². The molecule has 0 aliphatic carbocycles. The van der Waals surface area contributed by atoms with E-state index in [1.54, 1.807) is 6.92 Å². The fraction of sp³-hybridized carbons (Fsp3) is 0.700. The molecule has 0 bridgehead atoms. The summed E-state index contributed by atoms with van der Waals surface area (Å²) in [5, 5.41) is 8.46. The molecule has 5 heteroatoms. The number of esters is 1. The SMILES string of the molecule is CCOC(=O)[C@H]1CCN(CC#N)C(=O)C1. The molecule has 15 heavy (non-hydrogen) atoms. The van der Waals surface area contributed by atoms with Crippen LogP contribution >= 0.6 is 0 Å². The Morgan fingerprint density at radius 1 is 1.73 bits per heavy atom. The van der Waals surface area contributed by atoms with E-state index in [2.05, 4.69) is 0 Å². The zero-order chi connectivity index (χ0) is 11.3. The molecular formula is C10H14N2O3. The number of ether oxygens (including phenoxy) is 1. The van der Waals surface area contributed by atoms with Crippen LogP contribution in [0.2, 0.25) is 0 Å². The van der Waals surface area contributed by atoms with Gasteiger partial charge in [-0.05, 0) is 13.3 Å². The fourth-order valence-electron chi connectivity index (χ4n) is 1.59. The van der Waals surface area contributed by atoms with E-state index in [1.165, 1.54) is 4.90 Å². The van der Waals surface area contributed by atoms with Crippen molar-refractivity contribution in [2.75, 3.05) is 19.7 Å². The Labute approximate surface area is 88.6 Å². The average molecular weight is 210 g/mol. The lowest BCUT2D eigenvalue weighted by Crippen LogP contribution is -2.41. The number of amides is 1. The predicted molar refractivity (Wildman–Crippen MR) is 51.6 cm³/mol. The molecule has 1 saturated heterocycles. The molecule has 0 saturated carbocycles. The summed E-state index contributed by atoms with van der Waals surface area (Å²) in [5.41, 5.74) is 0. The maximum absolute atomic E-state index is 11.5. The smallest absolute Gasteiger partial charge is 0.309 e. The van der Waals surface area contributed by atoms with Crippen molar-refractivity contribution in [2.45, 2.75) is 19.8 Å². The number of rotatable bonds is 3. The first-order valence-corrected chi connectivity index (χ1v) is 5.00. The van der Waals surface area contributed by atoms with Gasteiger partial charge in [-0.2, -0.15) is 5.26 Å². The zero-order valence-corrected chi connectivity index (χ0v) is 8.73. The first-order valence-electron chi connectivity index (χ1n) is 5.00. The topological polar surface area (TPSA) is 70.4 Å². The monoisotopic (exact) mass is 210 g/mol. The number of carbonyl (C=O) groups is 2. The van der Waals surface area contributed by atoms with E-state index in [9.17, 15) is 9.59 Å². The Hall–Kier alpha value is -1.57. The van der Waals surface area contributed by atoms with E-state index in [1.807, 2.05) is 6.07 Å². The zero-order valence-electron chi connectivity index (χ0n) is 8.73. The van der Waals surface area contributed by atoms with Crippen LogP contribution in [-0.2, 0) is 14.3 Å². The largest absolute Gasteiger partial charge is 0.466 e. The van der Waals surface area contributed by atoms with E-state index in [0.717, 1.165) is 0 Å². The molecule has 0 N–H and O–H groups in total. The van der Waals surface area contributed by atoms with Gasteiger partial charge in [-0.25, -0.2) is 0 Å². The van der Waals surface area contributed by atoms with Crippen LogP contribution in [0.15, 0.2) is 0 Å². The summed E-state index contributed by atoms with van der Waals surface area (Å²) in [6, 6.07) is 1.93. The van der Waals surface area contributed by atoms with Crippen LogP contribution in [0.4, 0.5) is 0 Å². The van der Waals surface area contributed by atoms with Gasteiger partial charge in [0.05, 0.1) is 18.6 Å². The van der Waals surface area contributed by atoms with Gasteiger partial charge in [0.1, 0.15) is 6.54 Å². The van der Waals surface area contributed by atoms with Crippen LogP contribution in [0.25, 0.3) is 0 Å². The van der Waals surface area contributed by atoms with Crippen LogP contribution in [-0.4, -0.2) is 36.5 Å². The number of nitriles is 1. The van der Waals surface area contributed by atoms with Crippen molar-refractivity contribution in [1.82, 2.24) is 4.90 Å². The molecule has 1 heterocycles. The first kappa shape index (κ1) is 11.5. The van der Waals surface area contributed by atoms with Gasteiger partial charge in [0, 0.05) is 13.0 Å². The molecule has 0 radical (unpaired) electrons. The highest BCUT2D eigenvalue weighted by atomic mass is 16.5. The van der Waals surface area contributed by atoms with Crippen LogP contribution < -0.4 is 0 Å². The Balaban J connectivity index is 2.47. The van der Waals surface area contributed by atoms with Crippen LogP contribution in [0.3, 0.4) is 0 Å². The van der Waals surface area contributed by atoms with Crippen molar-refractivity contribution >= 4 is 11.9 Å². The third-order valence-corrected chi connectivity index (χ3v) is 2.40. The molecule has 1 aliphatic rings. The normalized spacial score (nSPS) is 20.9. The summed E-state index contributed by atoms with van der Waals surface area (Å²) in [4.78, 5) is 24.3. The third kappa shape index (κ3) is 2.94. The Bertz CT molecular complexity index is 296. The highest BCUT2D eigenvalue weighted by Crippen LogP contribution is 2.19. The van der Waals surface area contributed by atoms with Crippen molar-refractivity contribution in [3.8, 4) is 6.07 Å². The lowest BCUT2D eigenvalue weighted by Gasteiger charge is -2.28. The lowest BCUT2D eigenvalue weighted by atomic mass is 9.96. The van der Waals surface area contributed by atoms with Crippen molar-refractivity contribution in [2.24, 2.45) is 5.92 Å². The van der Waals surface area contributed by atoms with E-state index in [0.29, 0.717) is 19.6 Å². The lowest BCUT2D eigenvalue weighted by molar-refractivity contribution is -0.153. The minimum atomic E-state index is -0.326. The third-order valence-electron chi connectivity index (χ3n) is 2.40. The quantitative estimate of drug-likeness (QED) is 0.496. The van der Waals surface area contributed by atoms with Gasteiger partial charge in [-0.15, -0.1) is 0 Å². The molecule has 0 spiro atoms. The first-order chi connectivity index (χ1) is 7.19. The number of nitrogens with zero attached hydrogens (tertiary/aromatic N) is 2. The van der Waals surface area contributed by atoms with E-state index in [4.69, 9.17) is 10.00 Å². The second kappa shape index (κ2) is 5.35. The minimum Gasteiger partial charge on any atom is -0.466 e. The number of carbonyl (C=O) groups excluding carboxylic acids is 2. The van der Waals surface area contributed by atoms with Gasteiger partial charge in [0.2, 0.25) is 5.91 Å². The average Bonchev–Trinajstić information content (AvgIpc) is 2.21. The second-order valence-electron chi connectivity index (χ2n) is 3.42. The Kier molecular flexibility index (Phi) is 4.10. The molecule has 1 aliphatic heterocycles. The molecule has 0 aromatic rings. The summed E-state index contributed by atoms with van der Waals surface area (Å²) < 4.78 is 4.85. The number of hydrogen-bond donors (Lipinski definition) is 0. The van der Waals surface area contributed by atoms with E-state index >= 15 is 0 Å². The molecule has 82 valence electrons. The van der Waals surface area contributed by atoms with Gasteiger partial charge in [-0.3, -0.25) is 9.59 Å². The summed E-state index contributed by atoms with van der Waals surface area (Å²) in [6.07, 6.45) is 0.757. The number of piperidine rings is 1. The van der Waals surface area contributed by atoms with Gasteiger partial charge in [0.25, 0.3) is 0 Å². The maximum atomic E-state index is 11.5. The van der Waals surface area contributed by atoms with Crippen LogP contribution in [0.1, 0.15) is 19.8 Å². The molecule has 0 unspecified atom stereocenters. The maximum Gasteiger partial charge on any atom is 0.309 e. The van der Waals surface area contributed by atoms with Gasteiger partial charge >= 0.3 is 5.97 Å². The van der Waals surface area contributed by atoms with Crippen molar-refractivity contribution in [3.05, 3.63) is 0 Å². The number of hydrogen-bond acceptors (Lipinski definition) is 4. The highest BCUT2D eigenvalue weighted by molar-refractivity contribution is 5.84. The second-order valence-corrected chi connectivity index (χ2v) is 3.42. The molecule has 1 rings (SSSR count). The molecule has 1 fully saturated rings. The highest BCUT2D eigenvalue weighted by Gasteiger charge is 2.30. The van der Waals surface area contributed by atoms with Crippen LogP contribution in [0.5, 0.6) is 0 Å². The molecular weight excluding hydrogens is 196 g/mol. The molecule has 0 aromatic heterocycles. The van der Waals surface area contributed by atoms with Gasteiger partial charge < -0.3 is 9.64 Å². The fourth-order valence-corrected chi connectivity index (χ4v) is 1.59. The minimum absolute atomic E-state index is 0.106. The Morgan fingerprint density at radius 3 is 3.00 bits per heavy atom. The molecule has 5 nitrogen and oxygen atoms in total. The molecule has 1 atom stereocenters. The van der Waals surface area contributed by atoms with Gasteiger partial charge in [0.15, 0.2) is 0 Å². The van der Waals surface area contributed by atoms with Crippen molar-refractivity contribution in [1.29, 1.82) is 5.26 Å². The summed E-state index contributed by atoms with van der Waals surface area (Å²) in [5.74, 6) is -0.768. The summed E-state index contributed by atoms with van der Waals surface area (Å²) >= 11 is 0. The predicted octanol–water partition coefficient (Wildman–Crippen LogP) is 0.312. The van der Waals surface area contributed by atoms with E-state index < -0.39 is 0 Å². The standard InChI is InChI=1S/C10H14N2O3/c1-2-15-10(14)8-3-5-12(6-4-11)9(13)7-8/h8H,2-3,5-7H2,1H3/t8-/m0/s1. The molecule has 0 aromatic carbocycles. The summed E-state index contributed by atoms with van der Waals surface area (Å²) in [7, 11) is 0. The molecule has 1 amide bonds. The summed E-state index contributed by atoms with van der Waals surface area (Å²) in [6.45, 7) is 2.65. The van der Waals surface area contributed by atoms with Crippen molar-refractivity contribution < 1.29 is 14.3 Å².